The lowest BCUT2D eigenvalue weighted by atomic mass is 9.97. The summed E-state index contributed by atoms with van der Waals surface area (Å²) in [6.07, 6.45) is 3.72. The number of carbonyl (C=O) groups excluding carboxylic acids is 1. The molecule has 6 heteroatoms. The Bertz CT molecular complexity index is 848. The lowest BCUT2D eigenvalue weighted by molar-refractivity contribution is -0.146. The first-order valence-corrected chi connectivity index (χ1v) is 7.82. The summed E-state index contributed by atoms with van der Waals surface area (Å²) >= 11 is 0. The van der Waals surface area contributed by atoms with E-state index in [0.717, 1.165) is 24.2 Å². The summed E-state index contributed by atoms with van der Waals surface area (Å²) in [6.45, 7) is 3.01. The summed E-state index contributed by atoms with van der Waals surface area (Å²) in [5.41, 5.74) is 4.25. The highest BCUT2D eigenvalue weighted by Crippen LogP contribution is 2.32. The van der Waals surface area contributed by atoms with Gasteiger partial charge >= 0.3 is 11.9 Å². The molecule has 1 aromatic heterocycles. The molecule has 0 atom stereocenters. The maximum absolute atomic E-state index is 11.5. The van der Waals surface area contributed by atoms with Crippen molar-refractivity contribution in [2.24, 2.45) is 0 Å². The molecule has 0 bridgehead atoms. The van der Waals surface area contributed by atoms with Crippen LogP contribution in [0.5, 0.6) is 0 Å². The number of ether oxygens (including phenoxy) is 1. The average Bonchev–Trinajstić information content (AvgIpc) is 2.98. The number of nitrogens with zero attached hydrogens (tertiary/aromatic N) is 2. The highest BCUT2D eigenvalue weighted by atomic mass is 16.6. The fraction of sp³-hybridized carbons (Fsp3) is 0.278. The molecule has 0 unspecified atom stereocenters. The molecule has 0 radical (unpaired) electrons. The molecular weight excluding hydrogens is 308 g/mol. The molecule has 3 rings (SSSR count). The standard InChI is InChI=1S/C18H18N2O4/c1-3-13(17(18(22)23)24-11(2)21)16-15-9-8-12-6-4-5-7-14(12)20(15)10-19-16/h4-7,10H,3,8-9H2,1-2H3,(H,22,23)/b17-13+. The fourth-order valence-electron chi connectivity index (χ4n) is 3.10. The van der Waals surface area contributed by atoms with Crippen molar-refractivity contribution in [3.05, 3.63) is 53.3 Å². The van der Waals surface area contributed by atoms with Crippen LogP contribution in [0.25, 0.3) is 11.3 Å². The number of imidazole rings is 1. The van der Waals surface area contributed by atoms with Gasteiger partial charge in [0.1, 0.15) is 6.33 Å². The second kappa shape index (κ2) is 6.31. The van der Waals surface area contributed by atoms with Crippen LogP contribution in [0.15, 0.2) is 36.4 Å². The monoisotopic (exact) mass is 326 g/mol. The molecule has 0 spiro atoms. The quantitative estimate of drug-likeness (QED) is 0.531. The number of carboxylic acids is 1. The highest BCUT2D eigenvalue weighted by Gasteiger charge is 2.26. The summed E-state index contributed by atoms with van der Waals surface area (Å²) in [4.78, 5) is 27.2. The van der Waals surface area contributed by atoms with Gasteiger partial charge in [-0.1, -0.05) is 25.1 Å². The van der Waals surface area contributed by atoms with E-state index in [9.17, 15) is 14.7 Å². The molecule has 1 aliphatic heterocycles. The van der Waals surface area contributed by atoms with Crippen LogP contribution in [-0.2, 0) is 27.2 Å². The van der Waals surface area contributed by atoms with Crippen LogP contribution in [0, 0.1) is 0 Å². The molecule has 0 saturated carbocycles. The van der Waals surface area contributed by atoms with Gasteiger partial charge in [0.15, 0.2) is 0 Å². The Kier molecular flexibility index (Phi) is 4.20. The van der Waals surface area contributed by atoms with Crippen LogP contribution in [0.4, 0.5) is 0 Å². The first kappa shape index (κ1) is 16.0. The first-order valence-electron chi connectivity index (χ1n) is 7.82. The summed E-state index contributed by atoms with van der Waals surface area (Å²) in [5, 5.41) is 9.41. The van der Waals surface area contributed by atoms with E-state index in [4.69, 9.17) is 4.74 Å². The van der Waals surface area contributed by atoms with Crippen molar-refractivity contribution < 1.29 is 19.4 Å². The van der Waals surface area contributed by atoms with E-state index in [-0.39, 0.29) is 5.76 Å². The number of aromatic nitrogens is 2. The SMILES string of the molecule is CC/C(=C(\OC(C)=O)C(=O)O)c1ncn2c1CCc1ccccc1-2. The zero-order chi connectivity index (χ0) is 17.3. The van der Waals surface area contributed by atoms with Crippen molar-refractivity contribution in [2.75, 3.05) is 0 Å². The Labute approximate surface area is 139 Å². The summed E-state index contributed by atoms with van der Waals surface area (Å²) in [6, 6.07) is 8.06. The molecule has 6 nitrogen and oxygen atoms in total. The molecule has 2 heterocycles. The number of esters is 1. The number of allylic oxidation sites excluding steroid dienone is 1. The summed E-state index contributed by atoms with van der Waals surface area (Å²) in [7, 11) is 0. The maximum Gasteiger partial charge on any atom is 0.372 e. The second-order valence-corrected chi connectivity index (χ2v) is 5.60. The number of rotatable bonds is 4. The largest absolute Gasteiger partial charge is 0.475 e. The predicted octanol–water partition coefficient (Wildman–Crippen LogP) is 2.74. The van der Waals surface area contributed by atoms with Gasteiger partial charge in [-0.2, -0.15) is 0 Å². The van der Waals surface area contributed by atoms with Gasteiger partial charge in [0.25, 0.3) is 0 Å². The van der Waals surface area contributed by atoms with Crippen molar-refractivity contribution in [3.8, 4) is 5.69 Å². The van der Waals surface area contributed by atoms with E-state index < -0.39 is 11.9 Å². The van der Waals surface area contributed by atoms with Crippen molar-refractivity contribution in [2.45, 2.75) is 33.1 Å². The van der Waals surface area contributed by atoms with Crippen molar-refractivity contribution >= 4 is 17.5 Å². The third-order valence-electron chi connectivity index (χ3n) is 4.10. The van der Waals surface area contributed by atoms with Crippen LogP contribution in [-0.4, -0.2) is 26.6 Å². The molecule has 0 amide bonds. The van der Waals surface area contributed by atoms with Crippen LogP contribution in [0.3, 0.4) is 0 Å². The first-order chi connectivity index (χ1) is 11.5. The van der Waals surface area contributed by atoms with Gasteiger partial charge in [0.05, 0.1) is 11.4 Å². The lowest BCUT2D eigenvalue weighted by Crippen LogP contribution is -2.14. The van der Waals surface area contributed by atoms with Crippen LogP contribution >= 0.6 is 0 Å². The zero-order valence-corrected chi connectivity index (χ0v) is 13.6. The van der Waals surface area contributed by atoms with Gasteiger partial charge in [-0.25, -0.2) is 9.78 Å². The van der Waals surface area contributed by atoms with Crippen LogP contribution in [0.1, 0.15) is 37.2 Å². The number of benzene rings is 1. The molecule has 24 heavy (non-hydrogen) atoms. The smallest absolute Gasteiger partial charge is 0.372 e. The Hall–Kier alpha value is -2.89. The molecule has 0 saturated heterocycles. The topological polar surface area (TPSA) is 81.4 Å². The van der Waals surface area contributed by atoms with Crippen molar-refractivity contribution in [1.29, 1.82) is 0 Å². The van der Waals surface area contributed by atoms with E-state index in [1.807, 2.05) is 29.7 Å². The molecule has 1 N–H and O–H groups in total. The summed E-state index contributed by atoms with van der Waals surface area (Å²) < 4.78 is 6.92. The Morgan fingerprint density at radius 3 is 2.71 bits per heavy atom. The summed E-state index contributed by atoms with van der Waals surface area (Å²) in [5.74, 6) is -2.26. The highest BCUT2D eigenvalue weighted by molar-refractivity contribution is 5.96. The minimum absolute atomic E-state index is 0.342. The normalized spacial score (nSPS) is 13.6. The van der Waals surface area contributed by atoms with Gasteiger partial charge in [0, 0.05) is 18.2 Å². The van der Waals surface area contributed by atoms with E-state index in [1.165, 1.54) is 12.5 Å². The molecule has 0 fully saturated rings. The number of carbonyl (C=O) groups is 2. The third kappa shape index (κ3) is 2.71. The van der Waals surface area contributed by atoms with Crippen molar-refractivity contribution in [1.82, 2.24) is 9.55 Å². The minimum atomic E-state index is -1.26. The number of fused-ring (bicyclic) bond motifs is 3. The van der Waals surface area contributed by atoms with Gasteiger partial charge < -0.3 is 14.4 Å². The van der Waals surface area contributed by atoms with Gasteiger partial charge in [-0.3, -0.25) is 4.79 Å². The lowest BCUT2D eigenvalue weighted by Gasteiger charge is -2.20. The Balaban J connectivity index is 2.15. The molecule has 124 valence electrons. The van der Waals surface area contributed by atoms with E-state index in [1.54, 1.807) is 6.33 Å². The Morgan fingerprint density at radius 2 is 2.04 bits per heavy atom. The molecule has 1 aromatic carbocycles. The maximum atomic E-state index is 11.5. The number of aryl methyl sites for hydroxylation is 1. The van der Waals surface area contributed by atoms with E-state index >= 15 is 0 Å². The predicted molar refractivity (Wildman–Crippen MR) is 87.6 cm³/mol. The number of carboxylic acid groups (broad SMARTS) is 1. The molecular formula is C18H18N2O4. The minimum Gasteiger partial charge on any atom is -0.475 e. The number of hydrogen-bond acceptors (Lipinski definition) is 4. The van der Waals surface area contributed by atoms with Gasteiger partial charge in [-0.15, -0.1) is 0 Å². The van der Waals surface area contributed by atoms with Crippen LogP contribution < -0.4 is 0 Å². The van der Waals surface area contributed by atoms with Gasteiger partial charge in [-0.05, 0) is 30.9 Å². The molecule has 1 aliphatic rings. The average molecular weight is 326 g/mol. The van der Waals surface area contributed by atoms with E-state index in [0.29, 0.717) is 17.7 Å². The number of hydrogen-bond donors (Lipinski definition) is 1. The Morgan fingerprint density at radius 1 is 1.29 bits per heavy atom. The van der Waals surface area contributed by atoms with Crippen LogP contribution in [0.2, 0.25) is 0 Å². The number of para-hydroxylation sites is 1. The van der Waals surface area contributed by atoms with Gasteiger partial charge in [0.2, 0.25) is 5.76 Å². The molecule has 0 aliphatic carbocycles. The molecule has 2 aromatic rings. The fourth-order valence-corrected chi connectivity index (χ4v) is 3.10. The second-order valence-electron chi connectivity index (χ2n) is 5.60. The van der Waals surface area contributed by atoms with E-state index in [2.05, 4.69) is 11.1 Å². The number of aliphatic carboxylic acids is 1. The third-order valence-corrected chi connectivity index (χ3v) is 4.10. The zero-order valence-electron chi connectivity index (χ0n) is 13.6. The van der Waals surface area contributed by atoms with Crippen molar-refractivity contribution in [3.63, 3.8) is 0 Å².